The summed E-state index contributed by atoms with van der Waals surface area (Å²) in [7, 11) is 1.47. The zero-order valence-electron chi connectivity index (χ0n) is 23.4. The molecule has 3 amide bonds. The third-order valence-corrected chi connectivity index (χ3v) is 9.26. The lowest BCUT2D eigenvalue weighted by atomic mass is 9.77. The second-order valence-corrected chi connectivity index (χ2v) is 11.4. The summed E-state index contributed by atoms with van der Waals surface area (Å²) < 4.78 is 19.0. The molecule has 0 aromatic carbocycles. The number of hydrogen-bond donors (Lipinski definition) is 2. The van der Waals surface area contributed by atoms with Crippen LogP contribution in [0.15, 0.2) is 18.3 Å². The first kappa shape index (κ1) is 28.0. The van der Waals surface area contributed by atoms with Gasteiger partial charge in [0.25, 0.3) is 5.91 Å². The number of pyridine rings is 1. The molecule has 4 heterocycles. The highest BCUT2D eigenvalue weighted by atomic mass is 19.1. The number of aromatic amines is 1. The van der Waals surface area contributed by atoms with Crippen molar-refractivity contribution < 1.29 is 23.5 Å². The molecule has 2 aliphatic heterocycles. The molecular formula is C29H39FN6O4. The second-order valence-electron chi connectivity index (χ2n) is 11.4. The number of aromatic nitrogens is 3. The van der Waals surface area contributed by atoms with Crippen LogP contribution in [-0.4, -0.2) is 80.5 Å². The zero-order valence-corrected chi connectivity index (χ0v) is 23.4. The molecule has 4 aliphatic rings. The number of ether oxygens (including phenoxy) is 1. The van der Waals surface area contributed by atoms with Crippen LogP contribution in [0.2, 0.25) is 0 Å². The molecule has 40 heavy (non-hydrogen) atoms. The quantitative estimate of drug-likeness (QED) is 0.524. The van der Waals surface area contributed by atoms with Gasteiger partial charge in [-0.25, -0.2) is 9.37 Å². The number of likely N-dealkylation sites (tertiary alicyclic amines) is 2. The Bertz CT molecular complexity index is 1240. The Morgan fingerprint density at radius 1 is 1.18 bits per heavy atom. The number of nitrogens with zero attached hydrogens (tertiary/aromatic N) is 4. The van der Waals surface area contributed by atoms with E-state index in [2.05, 4.69) is 32.3 Å². The Labute approximate surface area is 234 Å². The Balaban J connectivity index is 0.000000176. The summed E-state index contributed by atoms with van der Waals surface area (Å²) in [6.07, 6.45) is 13.1. The molecule has 2 aromatic heterocycles. The van der Waals surface area contributed by atoms with Crippen LogP contribution in [0.4, 0.5) is 4.39 Å². The summed E-state index contributed by atoms with van der Waals surface area (Å²) in [6.45, 7) is 3.66. The summed E-state index contributed by atoms with van der Waals surface area (Å²) in [5.74, 6) is 0.0600. The number of H-pyrrole nitrogens is 1. The first-order chi connectivity index (χ1) is 19.3. The molecular weight excluding hydrogens is 515 g/mol. The maximum Gasteiger partial charge on any atom is 0.272 e. The van der Waals surface area contributed by atoms with Crippen LogP contribution in [0.5, 0.6) is 5.88 Å². The highest BCUT2D eigenvalue weighted by Crippen LogP contribution is 2.48. The van der Waals surface area contributed by atoms with Gasteiger partial charge in [0.2, 0.25) is 18.2 Å². The van der Waals surface area contributed by atoms with E-state index in [0.29, 0.717) is 35.6 Å². The number of halogens is 1. The van der Waals surface area contributed by atoms with Gasteiger partial charge in [-0.15, -0.1) is 0 Å². The van der Waals surface area contributed by atoms with E-state index in [9.17, 15) is 18.8 Å². The molecule has 2 saturated heterocycles. The number of piperidine rings is 1. The molecule has 11 heteroatoms. The monoisotopic (exact) mass is 554 g/mol. The van der Waals surface area contributed by atoms with Gasteiger partial charge in [-0.05, 0) is 77.2 Å². The minimum absolute atomic E-state index is 0.0487. The van der Waals surface area contributed by atoms with Crippen molar-refractivity contribution in [2.75, 3.05) is 20.2 Å². The van der Waals surface area contributed by atoms with E-state index in [1.165, 1.54) is 19.6 Å². The lowest BCUT2D eigenvalue weighted by Gasteiger charge is -2.43. The molecule has 0 unspecified atom stereocenters. The number of nitrogens with one attached hydrogen (secondary N) is 2. The van der Waals surface area contributed by atoms with E-state index in [-0.39, 0.29) is 22.5 Å². The summed E-state index contributed by atoms with van der Waals surface area (Å²) in [6, 6.07) is 3.39. The Hall–Kier alpha value is -3.50. The third kappa shape index (κ3) is 5.42. The molecule has 216 valence electrons. The summed E-state index contributed by atoms with van der Waals surface area (Å²) in [5, 5.41) is 9.72. The van der Waals surface area contributed by atoms with Gasteiger partial charge in [-0.3, -0.25) is 19.5 Å². The van der Waals surface area contributed by atoms with Gasteiger partial charge >= 0.3 is 0 Å². The van der Waals surface area contributed by atoms with Gasteiger partial charge in [-0.1, -0.05) is 0 Å². The van der Waals surface area contributed by atoms with Crippen LogP contribution in [0.25, 0.3) is 11.3 Å². The number of carbonyl (C=O) groups excluding carboxylic acids is 3. The lowest BCUT2D eigenvalue weighted by molar-refractivity contribution is -0.132. The van der Waals surface area contributed by atoms with Crippen LogP contribution < -0.4 is 10.1 Å². The van der Waals surface area contributed by atoms with Crippen LogP contribution in [0.3, 0.4) is 0 Å². The highest BCUT2D eigenvalue weighted by Gasteiger charge is 2.51. The molecule has 2 aliphatic carbocycles. The minimum atomic E-state index is -0.502. The van der Waals surface area contributed by atoms with Crippen molar-refractivity contribution in [3.8, 4) is 17.1 Å². The number of hydrogen-bond acceptors (Lipinski definition) is 6. The molecule has 4 fully saturated rings. The largest absolute Gasteiger partial charge is 0.481 e. The molecule has 0 atom stereocenters. The van der Waals surface area contributed by atoms with E-state index in [1.54, 1.807) is 6.07 Å². The third-order valence-electron chi connectivity index (χ3n) is 9.26. The van der Waals surface area contributed by atoms with Crippen LogP contribution >= 0.6 is 0 Å². The smallest absolute Gasteiger partial charge is 0.272 e. The predicted octanol–water partition coefficient (Wildman–Crippen LogP) is 3.83. The van der Waals surface area contributed by atoms with Gasteiger partial charge in [0.15, 0.2) is 5.82 Å². The van der Waals surface area contributed by atoms with Crippen molar-refractivity contribution in [3.63, 3.8) is 0 Å². The van der Waals surface area contributed by atoms with Gasteiger partial charge in [-0.2, -0.15) is 5.10 Å². The highest BCUT2D eigenvalue weighted by molar-refractivity contribution is 5.94. The van der Waals surface area contributed by atoms with E-state index >= 15 is 0 Å². The first-order valence-electron chi connectivity index (χ1n) is 14.4. The molecule has 0 radical (unpaired) electrons. The average molecular weight is 555 g/mol. The number of carbonyl (C=O) groups is 3. The molecule has 2 aromatic rings. The van der Waals surface area contributed by atoms with Gasteiger partial charge < -0.3 is 19.9 Å². The van der Waals surface area contributed by atoms with Gasteiger partial charge in [0.05, 0.1) is 19.0 Å². The van der Waals surface area contributed by atoms with Crippen molar-refractivity contribution >= 4 is 18.2 Å². The van der Waals surface area contributed by atoms with E-state index in [0.717, 1.165) is 83.5 Å². The summed E-state index contributed by atoms with van der Waals surface area (Å²) in [4.78, 5) is 42.8. The van der Waals surface area contributed by atoms with Crippen LogP contribution in [-0.2, 0) is 9.59 Å². The second kappa shape index (κ2) is 11.5. The molecule has 2 spiro atoms. The topological polar surface area (TPSA) is 121 Å². The Morgan fingerprint density at radius 3 is 2.62 bits per heavy atom. The van der Waals surface area contributed by atoms with Gasteiger partial charge in [0.1, 0.15) is 5.69 Å². The molecule has 2 saturated carbocycles. The maximum atomic E-state index is 14.0. The molecule has 0 bridgehead atoms. The lowest BCUT2D eigenvalue weighted by Crippen LogP contribution is -2.50. The Kier molecular flexibility index (Phi) is 8.09. The SMILES string of the molecule is CCN1C(=O)CCC12CCC(NC=O)CC2.COc1cc(-c2cc(C(=O)N3CCCCC34CC4)[nH]n2)c(F)cn1. The van der Waals surface area contributed by atoms with Crippen molar-refractivity contribution in [3.05, 3.63) is 29.8 Å². The normalized spacial score (nSPS) is 25.0. The van der Waals surface area contributed by atoms with Crippen LogP contribution in [0, 0.1) is 5.82 Å². The maximum absolute atomic E-state index is 14.0. The Morgan fingerprint density at radius 2 is 1.95 bits per heavy atom. The van der Waals surface area contributed by atoms with E-state index in [1.807, 2.05) is 4.90 Å². The van der Waals surface area contributed by atoms with Crippen LogP contribution in [0.1, 0.15) is 88.0 Å². The fraction of sp³-hybridized carbons (Fsp3) is 0.621. The van der Waals surface area contributed by atoms with Crippen molar-refractivity contribution in [2.45, 2.75) is 94.7 Å². The van der Waals surface area contributed by atoms with E-state index in [4.69, 9.17) is 4.74 Å². The molecule has 6 rings (SSSR count). The standard InChI is InChI=1S/C17H19FN4O2.C12H20N2O2/c1-24-15-8-11(12(18)10-19-15)13-9-14(21-20-13)16(23)22-7-3-2-4-17(22)5-6-17;1-2-14-11(16)5-8-12(14)6-3-10(4-7-12)13-9-15/h8-10H,2-7H2,1H3,(H,20,21);9-10H,2-8H2,1H3,(H,13,15). The average Bonchev–Trinajstić information content (AvgIpc) is 3.42. The van der Waals surface area contributed by atoms with Gasteiger partial charge in [0, 0.05) is 48.3 Å². The minimum Gasteiger partial charge on any atom is -0.481 e. The number of amides is 3. The van der Waals surface area contributed by atoms with Crippen molar-refractivity contribution in [2.24, 2.45) is 0 Å². The fourth-order valence-electron chi connectivity index (χ4n) is 6.84. The predicted molar refractivity (Wildman–Crippen MR) is 146 cm³/mol. The molecule has 2 N–H and O–H groups in total. The number of rotatable bonds is 6. The molecule has 10 nitrogen and oxygen atoms in total. The fourth-order valence-corrected chi connectivity index (χ4v) is 6.84. The summed E-state index contributed by atoms with van der Waals surface area (Å²) in [5.41, 5.74) is 1.21. The van der Waals surface area contributed by atoms with E-state index < -0.39 is 5.82 Å². The zero-order chi connectivity index (χ0) is 28.3. The van der Waals surface area contributed by atoms with Crippen molar-refractivity contribution in [1.82, 2.24) is 30.3 Å². The summed E-state index contributed by atoms with van der Waals surface area (Å²) >= 11 is 0. The van der Waals surface area contributed by atoms with Crippen molar-refractivity contribution in [1.29, 1.82) is 0 Å². The number of methoxy groups -OCH3 is 1. The first-order valence-corrected chi connectivity index (χ1v) is 14.4.